The quantitative estimate of drug-likeness (QED) is 0.639. The Hall–Kier alpha value is -2.38. The lowest BCUT2D eigenvalue weighted by Crippen LogP contribution is -2.16. The van der Waals surface area contributed by atoms with E-state index in [4.69, 9.17) is 0 Å². The Labute approximate surface area is 159 Å². The minimum Gasteiger partial charge on any atom is -0.325 e. The fourth-order valence-electron chi connectivity index (χ4n) is 2.33. The Morgan fingerprint density at radius 3 is 2.42 bits per heavy atom. The van der Waals surface area contributed by atoms with E-state index in [0.29, 0.717) is 28.1 Å². The summed E-state index contributed by atoms with van der Waals surface area (Å²) in [6.45, 7) is 4.18. The lowest BCUT2D eigenvalue weighted by atomic mass is 10.2. The third-order valence-electron chi connectivity index (χ3n) is 3.74. The number of amides is 2. The normalized spacial score (nSPS) is 14.0. The number of thiol groups is 1. The van der Waals surface area contributed by atoms with Crippen LogP contribution in [0, 0.1) is 0 Å². The summed E-state index contributed by atoms with van der Waals surface area (Å²) in [5, 5.41) is 10.4. The van der Waals surface area contributed by atoms with Gasteiger partial charge in [-0.3, -0.25) is 14.9 Å². The van der Waals surface area contributed by atoms with Gasteiger partial charge in [0, 0.05) is 22.3 Å². The molecule has 2 aromatic rings. The van der Waals surface area contributed by atoms with Crippen molar-refractivity contribution in [2.75, 3.05) is 16.4 Å². The Bertz CT molecular complexity index is 842. The van der Waals surface area contributed by atoms with Crippen LogP contribution < -0.4 is 10.6 Å². The van der Waals surface area contributed by atoms with E-state index in [9.17, 15) is 9.59 Å². The predicted molar refractivity (Wildman–Crippen MR) is 111 cm³/mol. The van der Waals surface area contributed by atoms with Gasteiger partial charge in [-0.1, -0.05) is 26.0 Å². The largest absolute Gasteiger partial charge is 0.325 e. The fourth-order valence-corrected chi connectivity index (χ4v) is 4.50. The minimum atomic E-state index is -0.472. The van der Waals surface area contributed by atoms with Gasteiger partial charge < -0.3 is 5.32 Å². The zero-order valence-corrected chi connectivity index (χ0v) is 16.3. The highest BCUT2D eigenvalue weighted by Crippen LogP contribution is 2.32. The molecule has 7 heteroatoms. The summed E-state index contributed by atoms with van der Waals surface area (Å²) in [7, 11) is -0.472. The highest BCUT2D eigenvalue weighted by atomic mass is 32.2. The molecule has 5 nitrogen and oxygen atoms in total. The highest BCUT2D eigenvalue weighted by Gasteiger charge is 2.12. The molecule has 1 aromatic carbocycles. The predicted octanol–water partition coefficient (Wildman–Crippen LogP) is 4.50. The first-order chi connectivity index (χ1) is 12.5. The molecule has 1 aromatic heterocycles. The van der Waals surface area contributed by atoms with E-state index in [0.717, 1.165) is 4.88 Å². The van der Waals surface area contributed by atoms with Crippen molar-refractivity contribution in [2.45, 2.75) is 19.8 Å². The Morgan fingerprint density at radius 2 is 1.81 bits per heavy atom. The molecule has 0 spiro atoms. The number of rotatable bonds is 6. The number of nitrogens with one attached hydrogen (secondary N) is 2. The topological polar surface area (TPSA) is 71.1 Å². The summed E-state index contributed by atoms with van der Waals surface area (Å²) in [4.78, 5) is 29.7. The van der Waals surface area contributed by atoms with E-state index in [2.05, 4.69) is 40.3 Å². The summed E-state index contributed by atoms with van der Waals surface area (Å²) in [6, 6.07) is 6.87. The van der Waals surface area contributed by atoms with Crippen LogP contribution in [0.1, 0.15) is 35.0 Å². The Kier molecular flexibility index (Phi) is 5.90. The summed E-state index contributed by atoms with van der Waals surface area (Å²) in [5.74, 6) is 0.635. The molecule has 0 atom stereocenters. The zero-order valence-electron chi connectivity index (χ0n) is 14.6. The minimum absolute atomic E-state index is 0.0199. The summed E-state index contributed by atoms with van der Waals surface area (Å²) >= 11 is 1.48. The third-order valence-corrected chi connectivity index (χ3v) is 6.71. The summed E-state index contributed by atoms with van der Waals surface area (Å²) < 4.78 is 0. The molecule has 0 aliphatic carbocycles. The lowest BCUT2D eigenvalue weighted by Gasteiger charge is -2.10. The highest BCUT2D eigenvalue weighted by molar-refractivity contribution is 8.22. The Morgan fingerprint density at radius 1 is 1.12 bits per heavy atom. The number of thiazole rings is 1. The monoisotopic (exact) mass is 387 g/mol. The first-order valence-corrected chi connectivity index (χ1v) is 10.8. The molecular formula is C19H21N3O2S2. The summed E-state index contributed by atoms with van der Waals surface area (Å²) in [5.41, 5.74) is 1.21. The number of allylic oxidation sites excluding steroid dienone is 2. The van der Waals surface area contributed by atoms with Crippen LogP contribution >= 0.6 is 22.2 Å². The number of hydrogen-bond donors (Lipinski definition) is 3. The first kappa shape index (κ1) is 18.4. The third kappa shape index (κ3) is 4.83. The van der Waals surface area contributed by atoms with Crippen LogP contribution in [0.4, 0.5) is 10.8 Å². The molecular weight excluding hydrogens is 366 g/mol. The van der Waals surface area contributed by atoms with Crippen molar-refractivity contribution >= 4 is 44.9 Å². The van der Waals surface area contributed by atoms with Gasteiger partial charge in [-0.2, -0.15) is 0 Å². The van der Waals surface area contributed by atoms with Crippen molar-refractivity contribution in [2.24, 2.45) is 0 Å². The molecule has 0 radical (unpaired) electrons. The molecule has 26 heavy (non-hydrogen) atoms. The fraction of sp³-hybridized carbons (Fsp3) is 0.211. The van der Waals surface area contributed by atoms with Crippen LogP contribution in [-0.2, 0) is 4.79 Å². The number of benzene rings is 1. The van der Waals surface area contributed by atoms with Crippen LogP contribution in [-0.4, -0.2) is 22.6 Å². The number of carbonyl (C=O) groups excluding carboxylic acids is 2. The van der Waals surface area contributed by atoms with E-state index in [-0.39, 0.29) is 11.8 Å². The van der Waals surface area contributed by atoms with Crippen molar-refractivity contribution in [3.8, 4) is 0 Å². The van der Waals surface area contributed by atoms with Crippen LogP contribution in [0.25, 0.3) is 0 Å². The van der Waals surface area contributed by atoms with E-state index < -0.39 is 10.9 Å². The SMILES string of the molecule is CC(C)c1cnc(NC(=O)c2ccc(NC(=O)C[SH]3C=CC=C3)cc2)s1. The molecule has 0 fully saturated rings. The number of nitrogens with zero attached hydrogens (tertiary/aromatic N) is 1. The first-order valence-electron chi connectivity index (χ1n) is 8.29. The van der Waals surface area contributed by atoms with Gasteiger partial charge in [0.2, 0.25) is 5.91 Å². The van der Waals surface area contributed by atoms with Crippen LogP contribution in [0.5, 0.6) is 0 Å². The molecule has 136 valence electrons. The number of carbonyl (C=O) groups is 2. The van der Waals surface area contributed by atoms with Crippen LogP contribution in [0.15, 0.2) is 53.4 Å². The van der Waals surface area contributed by atoms with Gasteiger partial charge in [0.05, 0.1) is 5.75 Å². The van der Waals surface area contributed by atoms with Crippen molar-refractivity contribution < 1.29 is 9.59 Å². The lowest BCUT2D eigenvalue weighted by molar-refractivity contribution is -0.113. The van der Waals surface area contributed by atoms with Crippen molar-refractivity contribution in [1.82, 2.24) is 4.98 Å². The van der Waals surface area contributed by atoms with Crippen molar-refractivity contribution in [3.05, 3.63) is 63.9 Å². The molecule has 2 heterocycles. The van der Waals surface area contributed by atoms with Gasteiger partial charge in [-0.15, -0.1) is 11.3 Å². The van der Waals surface area contributed by atoms with Gasteiger partial charge in [0.1, 0.15) is 0 Å². The number of anilines is 2. The zero-order chi connectivity index (χ0) is 18.5. The van der Waals surface area contributed by atoms with Crippen molar-refractivity contribution in [3.63, 3.8) is 0 Å². The maximum atomic E-state index is 12.3. The molecule has 0 saturated carbocycles. The number of aromatic nitrogens is 1. The second-order valence-corrected chi connectivity index (χ2v) is 9.16. The van der Waals surface area contributed by atoms with Gasteiger partial charge in [0.25, 0.3) is 5.91 Å². The molecule has 2 N–H and O–H groups in total. The smallest absolute Gasteiger partial charge is 0.257 e. The standard InChI is InChI=1S/C19H21N3O2S2/c1-13(2)16-11-20-19(25-16)22-18(24)14-5-7-15(8-6-14)21-17(23)12-26-9-3-4-10-26/h3-11,13,26H,12H2,1-2H3,(H,21,23)(H,20,22,24). The Balaban J connectivity index is 1.55. The molecule has 0 unspecified atom stereocenters. The van der Waals surface area contributed by atoms with Gasteiger partial charge in [-0.05, 0) is 41.0 Å². The average Bonchev–Trinajstić information content (AvgIpc) is 3.27. The molecule has 0 saturated heterocycles. The van der Waals surface area contributed by atoms with Crippen molar-refractivity contribution in [1.29, 1.82) is 0 Å². The van der Waals surface area contributed by atoms with Gasteiger partial charge in [-0.25, -0.2) is 15.9 Å². The second-order valence-electron chi connectivity index (χ2n) is 6.16. The van der Waals surface area contributed by atoms with E-state index in [1.54, 1.807) is 30.5 Å². The molecule has 1 aliphatic heterocycles. The molecule has 2 amide bonds. The average molecular weight is 388 g/mol. The van der Waals surface area contributed by atoms with E-state index in [1.807, 2.05) is 12.2 Å². The van der Waals surface area contributed by atoms with Crippen LogP contribution in [0.2, 0.25) is 0 Å². The maximum Gasteiger partial charge on any atom is 0.257 e. The number of hydrogen-bond acceptors (Lipinski definition) is 4. The van der Waals surface area contributed by atoms with E-state index >= 15 is 0 Å². The maximum absolute atomic E-state index is 12.3. The molecule has 1 aliphatic rings. The van der Waals surface area contributed by atoms with E-state index in [1.165, 1.54) is 11.3 Å². The summed E-state index contributed by atoms with van der Waals surface area (Å²) in [6.07, 6.45) is 5.73. The molecule has 0 bridgehead atoms. The van der Waals surface area contributed by atoms with Gasteiger partial charge in [0.15, 0.2) is 5.13 Å². The van der Waals surface area contributed by atoms with Crippen LogP contribution in [0.3, 0.4) is 0 Å². The molecule has 3 rings (SSSR count). The second kappa shape index (κ2) is 8.33. The van der Waals surface area contributed by atoms with Gasteiger partial charge >= 0.3 is 0 Å².